The van der Waals surface area contributed by atoms with Crippen LogP contribution in [0.15, 0.2) is 18.5 Å². The van der Waals surface area contributed by atoms with Crippen LogP contribution in [0.25, 0.3) is 0 Å². The van der Waals surface area contributed by atoms with Crippen molar-refractivity contribution in [3.05, 3.63) is 39.8 Å². The van der Waals surface area contributed by atoms with Crippen molar-refractivity contribution in [3.8, 4) is 0 Å². The van der Waals surface area contributed by atoms with E-state index in [1.807, 2.05) is 27.1 Å². The Kier molecular flexibility index (Phi) is 4.01. The van der Waals surface area contributed by atoms with E-state index in [9.17, 15) is 14.9 Å². The lowest BCUT2D eigenvalue weighted by atomic mass is 10.1. The number of nitrogens with one attached hydrogen (secondary N) is 1. The summed E-state index contributed by atoms with van der Waals surface area (Å²) >= 11 is 0. The Labute approximate surface area is 120 Å². The Hall–Kier alpha value is -2.71. The van der Waals surface area contributed by atoms with Crippen LogP contribution < -0.4 is 5.32 Å². The molecule has 21 heavy (non-hydrogen) atoms. The first-order chi connectivity index (χ1) is 9.86. The normalized spacial score (nSPS) is 12.1. The first kappa shape index (κ1) is 14.7. The number of aromatic nitrogens is 4. The number of aryl methyl sites for hydroxylation is 2. The summed E-state index contributed by atoms with van der Waals surface area (Å²) in [6, 6.07) is 1.05. The Balaban J connectivity index is 1.97. The summed E-state index contributed by atoms with van der Waals surface area (Å²) < 4.78 is 2.92. The van der Waals surface area contributed by atoms with Crippen molar-refractivity contribution >= 4 is 11.7 Å². The van der Waals surface area contributed by atoms with Crippen LogP contribution in [0, 0.1) is 17.0 Å². The second-order valence-corrected chi connectivity index (χ2v) is 4.76. The fourth-order valence-electron chi connectivity index (χ4n) is 2.09. The maximum absolute atomic E-state index is 11.9. The Morgan fingerprint density at radius 2 is 2.24 bits per heavy atom. The summed E-state index contributed by atoms with van der Waals surface area (Å²) in [4.78, 5) is 21.8. The maximum Gasteiger partial charge on any atom is 0.389 e. The van der Waals surface area contributed by atoms with E-state index in [4.69, 9.17) is 0 Å². The minimum atomic E-state index is -0.601. The van der Waals surface area contributed by atoms with Crippen LogP contribution in [-0.2, 0) is 18.4 Å². The van der Waals surface area contributed by atoms with E-state index in [1.165, 1.54) is 16.9 Å². The lowest BCUT2D eigenvalue weighted by Crippen LogP contribution is -2.30. The Morgan fingerprint density at radius 1 is 1.52 bits per heavy atom. The summed E-state index contributed by atoms with van der Waals surface area (Å²) in [6.07, 6.45) is 3.25. The van der Waals surface area contributed by atoms with Crippen LogP contribution in [0.3, 0.4) is 0 Å². The van der Waals surface area contributed by atoms with Crippen LogP contribution in [-0.4, -0.2) is 30.4 Å². The molecular weight excluding hydrogens is 276 g/mol. The van der Waals surface area contributed by atoms with Crippen LogP contribution in [0.5, 0.6) is 0 Å². The number of amides is 1. The highest BCUT2D eigenvalue weighted by Gasteiger charge is 2.17. The van der Waals surface area contributed by atoms with Gasteiger partial charge < -0.3 is 15.4 Å². The fraction of sp³-hybridized carbons (Fsp3) is 0.417. The quantitative estimate of drug-likeness (QED) is 0.645. The van der Waals surface area contributed by atoms with Gasteiger partial charge in [0.1, 0.15) is 6.54 Å². The largest absolute Gasteiger partial charge is 0.389 e. The van der Waals surface area contributed by atoms with Crippen molar-refractivity contribution in [2.24, 2.45) is 7.05 Å². The summed E-state index contributed by atoms with van der Waals surface area (Å²) in [6.45, 7) is 3.65. The van der Waals surface area contributed by atoms with Crippen molar-refractivity contribution < 1.29 is 9.72 Å². The molecule has 2 aromatic rings. The van der Waals surface area contributed by atoms with E-state index >= 15 is 0 Å². The van der Waals surface area contributed by atoms with Crippen molar-refractivity contribution in [3.63, 3.8) is 0 Å². The van der Waals surface area contributed by atoms with Gasteiger partial charge >= 0.3 is 5.82 Å². The second-order valence-electron chi connectivity index (χ2n) is 4.76. The number of nitro groups is 1. The molecule has 1 N–H and O–H groups in total. The van der Waals surface area contributed by atoms with Gasteiger partial charge in [-0.3, -0.25) is 9.48 Å². The number of nitrogens with zero attached hydrogens (tertiary/aromatic N) is 5. The third-order valence-corrected chi connectivity index (χ3v) is 3.01. The van der Waals surface area contributed by atoms with E-state index in [0.29, 0.717) is 0 Å². The molecule has 0 aromatic carbocycles. The highest BCUT2D eigenvalue weighted by molar-refractivity contribution is 5.76. The standard InChI is InChI=1S/C12H16N6O3/c1-8(10-6-16(3)14-9(10)2)13-12(19)7-17-5-4-11(15-17)18(20)21/h4-6,8H,7H2,1-3H3,(H,13,19). The minimum Gasteiger partial charge on any atom is -0.358 e. The smallest absolute Gasteiger partial charge is 0.358 e. The zero-order valence-corrected chi connectivity index (χ0v) is 12.0. The average molecular weight is 292 g/mol. The SMILES string of the molecule is Cc1nn(C)cc1C(C)NC(=O)Cn1ccc([N+](=O)[O-])n1. The number of hydrogen-bond donors (Lipinski definition) is 1. The van der Waals surface area contributed by atoms with Crippen molar-refractivity contribution in [1.29, 1.82) is 0 Å². The molecule has 1 amide bonds. The number of carbonyl (C=O) groups is 1. The first-order valence-electron chi connectivity index (χ1n) is 6.34. The van der Waals surface area contributed by atoms with Gasteiger partial charge in [-0.15, -0.1) is 0 Å². The van der Waals surface area contributed by atoms with E-state index in [2.05, 4.69) is 15.5 Å². The van der Waals surface area contributed by atoms with Gasteiger partial charge in [-0.25, -0.2) is 0 Å². The third-order valence-electron chi connectivity index (χ3n) is 3.01. The summed E-state index contributed by atoms with van der Waals surface area (Å²) in [5.41, 5.74) is 1.78. The van der Waals surface area contributed by atoms with Gasteiger partial charge in [0.2, 0.25) is 5.91 Å². The monoisotopic (exact) mass is 292 g/mol. The summed E-state index contributed by atoms with van der Waals surface area (Å²) in [5, 5.41) is 21.2. The van der Waals surface area contributed by atoms with E-state index in [-0.39, 0.29) is 24.3 Å². The van der Waals surface area contributed by atoms with Crippen LogP contribution >= 0.6 is 0 Å². The summed E-state index contributed by atoms with van der Waals surface area (Å²) in [7, 11) is 1.81. The van der Waals surface area contributed by atoms with Crippen LogP contribution in [0.2, 0.25) is 0 Å². The second kappa shape index (κ2) is 5.73. The molecule has 0 saturated carbocycles. The third kappa shape index (κ3) is 3.44. The molecule has 9 heteroatoms. The molecule has 0 aliphatic rings. The van der Waals surface area contributed by atoms with Crippen molar-refractivity contribution in [2.45, 2.75) is 26.4 Å². The van der Waals surface area contributed by atoms with Crippen LogP contribution in [0.1, 0.15) is 24.2 Å². The van der Waals surface area contributed by atoms with Gasteiger partial charge in [0, 0.05) is 18.8 Å². The molecular formula is C12H16N6O3. The fourth-order valence-corrected chi connectivity index (χ4v) is 2.09. The first-order valence-corrected chi connectivity index (χ1v) is 6.34. The van der Waals surface area contributed by atoms with Gasteiger partial charge in [0.25, 0.3) is 0 Å². The molecule has 2 rings (SSSR count). The Bertz CT molecular complexity index is 674. The van der Waals surface area contributed by atoms with Gasteiger partial charge in [-0.05, 0) is 18.8 Å². The van der Waals surface area contributed by atoms with Crippen molar-refractivity contribution in [2.75, 3.05) is 0 Å². The number of hydrogen-bond acceptors (Lipinski definition) is 5. The van der Waals surface area contributed by atoms with E-state index < -0.39 is 4.92 Å². The number of carbonyl (C=O) groups excluding carboxylic acids is 1. The van der Waals surface area contributed by atoms with Gasteiger partial charge in [0.15, 0.2) is 0 Å². The lowest BCUT2D eigenvalue weighted by Gasteiger charge is -2.12. The molecule has 0 radical (unpaired) electrons. The molecule has 1 atom stereocenters. The molecule has 2 heterocycles. The number of rotatable bonds is 5. The molecule has 0 spiro atoms. The molecule has 0 fully saturated rings. The minimum absolute atomic E-state index is 0.0719. The predicted molar refractivity (Wildman–Crippen MR) is 73.4 cm³/mol. The molecule has 0 aliphatic heterocycles. The van der Waals surface area contributed by atoms with E-state index in [1.54, 1.807) is 4.68 Å². The summed E-state index contributed by atoms with van der Waals surface area (Å²) in [5.74, 6) is -0.553. The lowest BCUT2D eigenvalue weighted by molar-refractivity contribution is -0.389. The Morgan fingerprint density at radius 3 is 2.76 bits per heavy atom. The van der Waals surface area contributed by atoms with E-state index in [0.717, 1.165) is 11.3 Å². The van der Waals surface area contributed by atoms with Crippen molar-refractivity contribution in [1.82, 2.24) is 24.9 Å². The van der Waals surface area contributed by atoms with Gasteiger partial charge in [-0.1, -0.05) is 0 Å². The molecule has 1 unspecified atom stereocenters. The average Bonchev–Trinajstić information content (AvgIpc) is 2.95. The molecule has 0 bridgehead atoms. The van der Waals surface area contributed by atoms with Gasteiger partial charge in [0.05, 0.1) is 29.1 Å². The molecule has 0 saturated heterocycles. The molecule has 2 aromatic heterocycles. The molecule has 0 aliphatic carbocycles. The van der Waals surface area contributed by atoms with Crippen LogP contribution in [0.4, 0.5) is 5.82 Å². The topological polar surface area (TPSA) is 108 Å². The zero-order chi connectivity index (χ0) is 15.6. The predicted octanol–water partition coefficient (Wildman–Crippen LogP) is 0.711. The highest BCUT2D eigenvalue weighted by Crippen LogP contribution is 2.15. The molecule has 112 valence electrons. The maximum atomic E-state index is 11.9. The molecule has 9 nitrogen and oxygen atoms in total. The zero-order valence-electron chi connectivity index (χ0n) is 12.0. The van der Waals surface area contributed by atoms with Gasteiger partial charge in [-0.2, -0.15) is 9.78 Å². The highest BCUT2D eigenvalue weighted by atomic mass is 16.6.